The van der Waals surface area contributed by atoms with Crippen LogP contribution in [0.25, 0.3) is 11.5 Å². The molecule has 2 aromatic rings. The van der Waals surface area contributed by atoms with E-state index in [1.54, 1.807) is 6.20 Å². The number of rotatable bonds is 1. The van der Waals surface area contributed by atoms with E-state index in [0.717, 1.165) is 30.4 Å². The summed E-state index contributed by atoms with van der Waals surface area (Å²) in [6.45, 7) is 8.48. The van der Waals surface area contributed by atoms with Crippen LogP contribution in [0.1, 0.15) is 32.6 Å². The third kappa shape index (κ3) is 2.14. The summed E-state index contributed by atoms with van der Waals surface area (Å²) in [5, 5.41) is 12.3. The van der Waals surface area contributed by atoms with Gasteiger partial charge < -0.3 is 9.88 Å². The van der Waals surface area contributed by atoms with E-state index in [1.807, 2.05) is 18.2 Å². The Morgan fingerprint density at radius 3 is 2.79 bits per heavy atom. The van der Waals surface area contributed by atoms with E-state index in [4.69, 9.17) is 0 Å². The van der Waals surface area contributed by atoms with E-state index in [0.29, 0.717) is 0 Å². The number of hydrogen-bond donors (Lipinski definition) is 1. The first-order chi connectivity index (χ1) is 9.07. The Hall–Kier alpha value is -1.75. The van der Waals surface area contributed by atoms with E-state index in [-0.39, 0.29) is 11.5 Å². The Labute approximate surface area is 113 Å². The highest BCUT2D eigenvalue weighted by atomic mass is 15.3. The fourth-order valence-corrected chi connectivity index (χ4v) is 2.54. The first kappa shape index (κ1) is 12.3. The molecule has 5 heteroatoms. The molecule has 5 nitrogen and oxygen atoms in total. The summed E-state index contributed by atoms with van der Waals surface area (Å²) >= 11 is 0. The van der Waals surface area contributed by atoms with Crippen molar-refractivity contribution in [3.8, 4) is 11.5 Å². The van der Waals surface area contributed by atoms with Crippen LogP contribution in [0.5, 0.6) is 0 Å². The lowest BCUT2D eigenvalue weighted by molar-refractivity contribution is 0.234. The fourth-order valence-electron chi connectivity index (χ4n) is 2.54. The highest BCUT2D eigenvalue weighted by molar-refractivity contribution is 5.49. The van der Waals surface area contributed by atoms with Crippen LogP contribution < -0.4 is 5.32 Å². The summed E-state index contributed by atoms with van der Waals surface area (Å²) < 4.78 is 2.19. The van der Waals surface area contributed by atoms with Gasteiger partial charge in [0, 0.05) is 19.3 Å². The Bertz CT molecular complexity index is 567. The van der Waals surface area contributed by atoms with Crippen LogP contribution >= 0.6 is 0 Å². The molecule has 100 valence electrons. The molecule has 19 heavy (non-hydrogen) atoms. The summed E-state index contributed by atoms with van der Waals surface area (Å²) in [7, 11) is 0. The zero-order valence-corrected chi connectivity index (χ0v) is 11.6. The number of nitrogens with zero attached hydrogens (tertiary/aromatic N) is 4. The van der Waals surface area contributed by atoms with Crippen LogP contribution in [0.2, 0.25) is 0 Å². The van der Waals surface area contributed by atoms with Crippen molar-refractivity contribution in [2.45, 2.75) is 33.4 Å². The Morgan fingerprint density at radius 2 is 2.11 bits per heavy atom. The molecule has 0 fully saturated rings. The largest absolute Gasteiger partial charge is 0.307 e. The van der Waals surface area contributed by atoms with Gasteiger partial charge in [0.05, 0.1) is 6.04 Å². The van der Waals surface area contributed by atoms with Crippen molar-refractivity contribution < 1.29 is 0 Å². The van der Waals surface area contributed by atoms with E-state index in [9.17, 15) is 0 Å². The molecule has 3 rings (SSSR count). The molecule has 3 heterocycles. The molecule has 0 amide bonds. The van der Waals surface area contributed by atoms with Gasteiger partial charge in [0.25, 0.3) is 0 Å². The van der Waals surface area contributed by atoms with Gasteiger partial charge in [0.15, 0.2) is 11.6 Å². The summed E-state index contributed by atoms with van der Waals surface area (Å²) in [4.78, 5) is 4.37. The summed E-state index contributed by atoms with van der Waals surface area (Å²) in [6, 6.07) is 6.10. The molecule has 1 N–H and O–H groups in total. The molecular weight excluding hydrogens is 238 g/mol. The van der Waals surface area contributed by atoms with Crippen molar-refractivity contribution in [2.75, 3.05) is 6.54 Å². The molecule has 2 aromatic heterocycles. The Balaban J connectivity index is 2.06. The lowest BCUT2D eigenvalue weighted by Gasteiger charge is -2.34. The minimum atomic E-state index is 0.118. The molecule has 1 aliphatic rings. The zero-order valence-electron chi connectivity index (χ0n) is 11.6. The molecule has 0 bridgehead atoms. The van der Waals surface area contributed by atoms with Gasteiger partial charge in [-0.3, -0.25) is 4.98 Å². The Morgan fingerprint density at radius 1 is 1.26 bits per heavy atom. The van der Waals surface area contributed by atoms with Gasteiger partial charge in [0.2, 0.25) is 0 Å². The van der Waals surface area contributed by atoms with Gasteiger partial charge in [-0.15, -0.1) is 10.2 Å². The molecule has 1 unspecified atom stereocenters. The molecule has 0 saturated carbocycles. The van der Waals surface area contributed by atoms with Crippen molar-refractivity contribution >= 4 is 0 Å². The SMILES string of the molecule is CC(C)(C)C1NCCn2c(-c3ccccn3)nnc21. The van der Waals surface area contributed by atoms with Crippen LogP contribution in [-0.4, -0.2) is 26.3 Å². The van der Waals surface area contributed by atoms with E-state index in [1.165, 1.54) is 0 Å². The maximum atomic E-state index is 4.39. The number of fused-ring (bicyclic) bond motifs is 1. The first-order valence-corrected chi connectivity index (χ1v) is 6.65. The fraction of sp³-hybridized carbons (Fsp3) is 0.500. The normalized spacial score (nSPS) is 19.2. The summed E-state index contributed by atoms with van der Waals surface area (Å²) in [5.41, 5.74) is 1.00. The van der Waals surface area contributed by atoms with Gasteiger partial charge in [0.1, 0.15) is 5.69 Å². The van der Waals surface area contributed by atoms with E-state index in [2.05, 4.69) is 45.8 Å². The quantitative estimate of drug-likeness (QED) is 0.849. The lowest BCUT2D eigenvalue weighted by Crippen LogP contribution is -2.40. The first-order valence-electron chi connectivity index (χ1n) is 6.65. The maximum Gasteiger partial charge on any atom is 0.182 e. The van der Waals surface area contributed by atoms with E-state index < -0.39 is 0 Å². The molecule has 0 aromatic carbocycles. The van der Waals surface area contributed by atoms with Crippen LogP contribution in [0, 0.1) is 5.41 Å². The van der Waals surface area contributed by atoms with Gasteiger partial charge in [-0.2, -0.15) is 0 Å². The van der Waals surface area contributed by atoms with Gasteiger partial charge in [-0.25, -0.2) is 0 Å². The zero-order chi connectivity index (χ0) is 13.5. The smallest absolute Gasteiger partial charge is 0.182 e. The number of pyridine rings is 1. The summed E-state index contributed by atoms with van der Waals surface area (Å²) in [5.74, 6) is 1.88. The highest BCUT2D eigenvalue weighted by Crippen LogP contribution is 2.34. The van der Waals surface area contributed by atoms with Gasteiger partial charge in [-0.1, -0.05) is 26.8 Å². The number of hydrogen-bond acceptors (Lipinski definition) is 4. The maximum absolute atomic E-state index is 4.39. The third-order valence-corrected chi connectivity index (χ3v) is 3.48. The standard InChI is InChI=1S/C14H19N5/c1-14(2,3)11-13-18-17-12(19(13)9-8-16-11)10-6-4-5-7-15-10/h4-7,11,16H,8-9H2,1-3H3. The average Bonchev–Trinajstić information content (AvgIpc) is 2.82. The van der Waals surface area contributed by atoms with Crippen molar-refractivity contribution in [2.24, 2.45) is 5.41 Å². The van der Waals surface area contributed by atoms with Gasteiger partial charge in [-0.05, 0) is 17.5 Å². The predicted octanol–water partition coefficient (Wildman–Crippen LogP) is 2.03. The number of aromatic nitrogens is 4. The second kappa shape index (κ2) is 4.42. The van der Waals surface area contributed by atoms with Crippen molar-refractivity contribution in [3.05, 3.63) is 30.2 Å². The molecule has 1 aliphatic heterocycles. The van der Waals surface area contributed by atoms with Crippen LogP contribution in [0.4, 0.5) is 0 Å². The monoisotopic (exact) mass is 257 g/mol. The minimum Gasteiger partial charge on any atom is -0.307 e. The van der Waals surface area contributed by atoms with Crippen molar-refractivity contribution in [1.82, 2.24) is 25.1 Å². The molecule has 0 spiro atoms. The highest BCUT2D eigenvalue weighted by Gasteiger charge is 2.33. The van der Waals surface area contributed by atoms with E-state index >= 15 is 0 Å². The van der Waals surface area contributed by atoms with Crippen LogP contribution in [0.15, 0.2) is 24.4 Å². The second-order valence-electron chi connectivity index (χ2n) is 6.00. The predicted molar refractivity (Wildman–Crippen MR) is 73.5 cm³/mol. The molecule has 0 saturated heterocycles. The van der Waals surface area contributed by atoms with Crippen LogP contribution in [0.3, 0.4) is 0 Å². The van der Waals surface area contributed by atoms with Gasteiger partial charge >= 0.3 is 0 Å². The van der Waals surface area contributed by atoms with Crippen molar-refractivity contribution in [3.63, 3.8) is 0 Å². The van der Waals surface area contributed by atoms with Crippen LogP contribution in [-0.2, 0) is 6.54 Å². The number of nitrogens with one attached hydrogen (secondary N) is 1. The molecule has 0 aliphatic carbocycles. The second-order valence-corrected chi connectivity index (χ2v) is 6.00. The molecular formula is C14H19N5. The average molecular weight is 257 g/mol. The topological polar surface area (TPSA) is 55.6 Å². The third-order valence-electron chi connectivity index (χ3n) is 3.48. The van der Waals surface area contributed by atoms with Crippen molar-refractivity contribution in [1.29, 1.82) is 0 Å². The minimum absolute atomic E-state index is 0.118. The molecule has 0 radical (unpaired) electrons. The Kier molecular flexibility index (Phi) is 2.86. The lowest BCUT2D eigenvalue weighted by atomic mass is 9.85. The summed E-state index contributed by atoms with van der Waals surface area (Å²) in [6.07, 6.45) is 1.79. The molecule has 1 atom stereocenters.